The van der Waals surface area contributed by atoms with Crippen molar-refractivity contribution in [2.45, 2.75) is 83.8 Å². The first kappa shape index (κ1) is 13.9. The monoisotopic (exact) mass is 229 g/mol. The fourth-order valence-corrected chi connectivity index (χ4v) is 1.93. The maximum atomic E-state index is 9.61. The van der Waals surface area contributed by atoms with Crippen LogP contribution in [0.5, 0.6) is 0 Å². The van der Waals surface area contributed by atoms with Gasteiger partial charge in [-0.25, -0.2) is 0 Å². The lowest BCUT2D eigenvalue weighted by Gasteiger charge is -2.44. The lowest BCUT2D eigenvalue weighted by atomic mass is 9.85. The van der Waals surface area contributed by atoms with Crippen LogP contribution >= 0.6 is 0 Å². The summed E-state index contributed by atoms with van der Waals surface area (Å²) in [6, 6.07) is 0.483. The Morgan fingerprint density at radius 2 is 1.69 bits per heavy atom. The Kier molecular flexibility index (Phi) is 4.04. The second-order valence-corrected chi connectivity index (χ2v) is 6.56. The zero-order chi connectivity index (χ0) is 12.6. The fraction of sp³-hybridized carbons (Fsp3) is 1.00. The number of nitrogens with one attached hydrogen (secondary N) is 1. The molecule has 0 aromatic rings. The Bertz CT molecular complexity index is 225. The van der Waals surface area contributed by atoms with Gasteiger partial charge in [0.25, 0.3) is 0 Å². The van der Waals surface area contributed by atoms with E-state index in [1.54, 1.807) is 0 Å². The summed E-state index contributed by atoms with van der Waals surface area (Å²) in [6.07, 6.45) is 2.14. The van der Waals surface area contributed by atoms with Gasteiger partial charge in [-0.1, -0.05) is 0 Å². The molecule has 2 N–H and O–H groups in total. The van der Waals surface area contributed by atoms with Crippen molar-refractivity contribution in [1.29, 1.82) is 0 Å². The van der Waals surface area contributed by atoms with Gasteiger partial charge in [0.1, 0.15) is 0 Å². The zero-order valence-electron chi connectivity index (χ0n) is 11.5. The SMILES string of the molecule is CC(O)C(C)(C)NC1CC(OC(C)(C)C)C1. The van der Waals surface area contributed by atoms with E-state index in [2.05, 4.69) is 26.1 Å². The molecule has 1 aliphatic carbocycles. The van der Waals surface area contributed by atoms with Gasteiger partial charge in [-0.3, -0.25) is 0 Å². The normalized spacial score (nSPS) is 28.7. The molecule has 16 heavy (non-hydrogen) atoms. The quantitative estimate of drug-likeness (QED) is 0.775. The molecule has 0 bridgehead atoms. The van der Waals surface area contributed by atoms with Crippen LogP contribution in [0.2, 0.25) is 0 Å². The van der Waals surface area contributed by atoms with Crippen LogP contribution in [0.3, 0.4) is 0 Å². The molecular weight excluding hydrogens is 202 g/mol. The second kappa shape index (κ2) is 4.63. The van der Waals surface area contributed by atoms with Crippen molar-refractivity contribution in [3.8, 4) is 0 Å². The van der Waals surface area contributed by atoms with Crippen LogP contribution in [0.4, 0.5) is 0 Å². The minimum absolute atomic E-state index is 0.0462. The number of rotatable bonds is 4. The van der Waals surface area contributed by atoms with Crippen molar-refractivity contribution in [2.24, 2.45) is 0 Å². The number of hydrogen-bond acceptors (Lipinski definition) is 3. The van der Waals surface area contributed by atoms with E-state index >= 15 is 0 Å². The van der Waals surface area contributed by atoms with Gasteiger partial charge in [0.05, 0.1) is 17.8 Å². The molecule has 0 spiro atoms. The second-order valence-electron chi connectivity index (χ2n) is 6.56. The first-order chi connectivity index (χ1) is 7.10. The number of ether oxygens (including phenoxy) is 1. The molecule has 0 aliphatic heterocycles. The average Bonchev–Trinajstić information content (AvgIpc) is 1.96. The lowest BCUT2D eigenvalue weighted by molar-refractivity contribution is -0.107. The van der Waals surface area contributed by atoms with Crippen LogP contribution in [0, 0.1) is 0 Å². The first-order valence-corrected chi connectivity index (χ1v) is 6.24. The molecule has 1 atom stereocenters. The molecule has 0 heterocycles. The van der Waals surface area contributed by atoms with E-state index in [9.17, 15) is 5.11 Å². The Morgan fingerprint density at radius 1 is 1.19 bits per heavy atom. The van der Waals surface area contributed by atoms with Crippen molar-refractivity contribution in [1.82, 2.24) is 5.32 Å². The highest BCUT2D eigenvalue weighted by Gasteiger charge is 2.37. The van der Waals surface area contributed by atoms with Crippen LogP contribution in [0.15, 0.2) is 0 Å². The zero-order valence-corrected chi connectivity index (χ0v) is 11.5. The maximum absolute atomic E-state index is 9.61. The summed E-state index contributed by atoms with van der Waals surface area (Å²) in [5, 5.41) is 13.1. The van der Waals surface area contributed by atoms with Gasteiger partial charge in [-0.2, -0.15) is 0 Å². The van der Waals surface area contributed by atoms with Gasteiger partial charge in [0.2, 0.25) is 0 Å². The molecule has 0 radical (unpaired) electrons. The van der Waals surface area contributed by atoms with Crippen molar-refractivity contribution < 1.29 is 9.84 Å². The van der Waals surface area contributed by atoms with E-state index in [-0.39, 0.29) is 17.2 Å². The number of hydrogen-bond donors (Lipinski definition) is 2. The van der Waals surface area contributed by atoms with Crippen molar-refractivity contribution in [3.05, 3.63) is 0 Å². The standard InChI is InChI=1S/C13H27NO2/c1-9(15)13(5,6)14-10-7-11(8-10)16-12(2,3)4/h9-11,14-15H,7-8H2,1-6H3. The first-order valence-electron chi connectivity index (χ1n) is 6.24. The summed E-state index contributed by atoms with van der Waals surface area (Å²) in [4.78, 5) is 0. The maximum Gasteiger partial charge on any atom is 0.0688 e. The van der Waals surface area contributed by atoms with Crippen molar-refractivity contribution in [3.63, 3.8) is 0 Å². The average molecular weight is 229 g/mol. The fourth-order valence-electron chi connectivity index (χ4n) is 1.93. The van der Waals surface area contributed by atoms with Gasteiger partial charge in [-0.15, -0.1) is 0 Å². The van der Waals surface area contributed by atoms with Crippen molar-refractivity contribution >= 4 is 0 Å². The van der Waals surface area contributed by atoms with Crippen LogP contribution in [0.1, 0.15) is 54.4 Å². The topological polar surface area (TPSA) is 41.5 Å². The largest absolute Gasteiger partial charge is 0.392 e. The van der Waals surface area contributed by atoms with Gasteiger partial charge < -0.3 is 15.2 Å². The van der Waals surface area contributed by atoms with Gasteiger partial charge in [-0.05, 0) is 54.4 Å². The van der Waals surface area contributed by atoms with E-state index in [0.29, 0.717) is 12.1 Å². The highest BCUT2D eigenvalue weighted by atomic mass is 16.5. The molecule has 0 amide bonds. The molecule has 96 valence electrons. The predicted octanol–water partition coefficient (Wildman–Crippen LogP) is 2.08. The molecule has 0 aromatic heterocycles. The molecule has 0 saturated heterocycles. The van der Waals surface area contributed by atoms with E-state index < -0.39 is 0 Å². The van der Waals surface area contributed by atoms with Crippen molar-refractivity contribution in [2.75, 3.05) is 0 Å². The summed E-state index contributed by atoms with van der Waals surface area (Å²) in [7, 11) is 0. The number of aliphatic hydroxyl groups is 1. The van der Waals surface area contributed by atoms with E-state index in [4.69, 9.17) is 4.74 Å². The highest BCUT2D eigenvalue weighted by Crippen LogP contribution is 2.29. The van der Waals surface area contributed by atoms with Crippen LogP contribution in [-0.2, 0) is 4.74 Å². The minimum Gasteiger partial charge on any atom is -0.392 e. The Morgan fingerprint density at radius 3 is 2.06 bits per heavy atom. The molecule has 1 unspecified atom stereocenters. The van der Waals surface area contributed by atoms with Crippen LogP contribution < -0.4 is 5.32 Å². The third kappa shape index (κ3) is 4.04. The Balaban J connectivity index is 2.27. The highest BCUT2D eigenvalue weighted by molar-refractivity contribution is 4.94. The van der Waals surface area contributed by atoms with E-state index in [0.717, 1.165) is 12.8 Å². The molecule has 0 aromatic carbocycles. The summed E-state index contributed by atoms with van der Waals surface area (Å²) in [6.45, 7) is 12.2. The summed E-state index contributed by atoms with van der Waals surface area (Å²) >= 11 is 0. The van der Waals surface area contributed by atoms with E-state index in [1.807, 2.05) is 20.8 Å². The molecule has 1 saturated carbocycles. The van der Waals surface area contributed by atoms with Crippen LogP contribution in [0.25, 0.3) is 0 Å². The molecule has 1 fully saturated rings. The minimum atomic E-state index is -0.338. The summed E-state index contributed by atoms with van der Waals surface area (Å²) in [5.74, 6) is 0. The molecule has 3 nitrogen and oxygen atoms in total. The third-order valence-electron chi connectivity index (χ3n) is 3.24. The Hall–Kier alpha value is -0.120. The molecule has 1 aliphatic rings. The summed E-state index contributed by atoms with van der Waals surface area (Å²) in [5.41, 5.74) is -0.257. The Labute approximate surface area is 99.6 Å². The molecular formula is C13H27NO2. The van der Waals surface area contributed by atoms with Gasteiger partial charge in [0, 0.05) is 11.6 Å². The predicted molar refractivity (Wildman–Crippen MR) is 66.5 cm³/mol. The van der Waals surface area contributed by atoms with E-state index in [1.165, 1.54) is 0 Å². The van der Waals surface area contributed by atoms with Crippen LogP contribution in [-0.4, -0.2) is 34.5 Å². The number of aliphatic hydroxyl groups excluding tert-OH is 1. The van der Waals surface area contributed by atoms with Gasteiger partial charge >= 0.3 is 0 Å². The third-order valence-corrected chi connectivity index (χ3v) is 3.24. The summed E-state index contributed by atoms with van der Waals surface area (Å²) < 4.78 is 5.88. The van der Waals surface area contributed by atoms with Gasteiger partial charge in [0.15, 0.2) is 0 Å². The lowest BCUT2D eigenvalue weighted by Crippen LogP contribution is -2.58. The smallest absolute Gasteiger partial charge is 0.0688 e. The molecule has 1 rings (SSSR count). The molecule has 3 heteroatoms.